The fourth-order valence-electron chi connectivity index (χ4n) is 2.34. The minimum absolute atomic E-state index is 0.461. The summed E-state index contributed by atoms with van der Waals surface area (Å²) in [5.41, 5.74) is 0. The first-order chi connectivity index (χ1) is 7.66. The summed E-state index contributed by atoms with van der Waals surface area (Å²) >= 11 is 0. The third kappa shape index (κ3) is 2.61. The lowest BCUT2D eigenvalue weighted by atomic mass is 9.98. The monoisotopic (exact) mass is 222 g/mol. The molecule has 1 aromatic rings. The highest BCUT2D eigenvalue weighted by Gasteiger charge is 2.17. The Kier molecular flexibility index (Phi) is 3.59. The Balaban J connectivity index is 2.07. The summed E-state index contributed by atoms with van der Waals surface area (Å²) in [4.78, 5) is 4.51. The third-order valence-corrected chi connectivity index (χ3v) is 3.21. The van der Waals surface area contributed by atoms with E-state index in [2.05, 4.69) is 33.9 Å². The molecule has 0 spiro atoms. The first-order valence-corrected chi connectivity index (χ1v) is 6.29. The SMILES string of the molecule is Cc1nc(C(C)C)n(CC2CCNCC2)n1. The average molecular weight is 222 g/mol. The van der Waals surface area contributed by atoms with Gasteiger partial charge in [0.2, 0.25) is 0 Å². The zero-order valence-corrected chi connectivity index (χ0v) is 10.5. The van der Waals surface area contributed by atoms with Crippen LogP contribution in [-0.2, 0) is 6.54 Å². The summed E-state index contributed by atoms with van der Waals surface area (Å²) in [5, 5.41) is 7.91. The summed E-state index contributed by atoms with van der Waals surface area (Å²) in [6, 6.07) is 0. The van der Waals surface area contributed by atoms with Crippen LogP contribution in [0, 0.1) is 12.8 Å². The number of aromatic nitrogens is 3. The smallest absolute Gasteiger partial charge is 0.147 e. The molecule has 90 valence electrons. The van der Waals surface area contributed by atoms with Crippen LogP contribution in [0.15, 0.2) is 0 Å². The van der Waals surface area contributed by atoms with E-state index in [4.69, 9.17) is 0 Å². The lowest BCUT2D eigenvalue weighted by Gasteiger charge is -2.23. The molecule has 1 aliphatic rings. The molecule has 4 nitrogen and oxygen atoms in total. The minimum atomic E-state index is 0.461. The highest BCUT2D eigenvalue weighted by atomic mass is 15.3. The fourth-order valence-corrected chi connectivity index (χ4v) is 2.34. The van der Waals surface area contributed by atoms with E-state index < -0.39 is 0 Å². The molecule has 0 radical (unpaired) electrons. The second kappa shape index (κ2) is 4.95. The number of piperidine rings is 1. The summed E-state index contributed by atoms with van der Waals surface area (Å²) in [5.74, 6) is 3.26. The van der Waals surface area contributed by atoms with Crippen molar-refractivity contribution in [3.05, 3.63) is 11.6 Å². The number of rotatable bonds is 3. The van der Waals surface area contributed by atoms with E-state index in [1.165, 1.54) is 12.8 Å². The Bertz CT molecular complexity index is 337. The van der Waals surface area contributed by atoms with Gasteiger partial charge in [-0.3, -0.25) is 0 Å². The highest BCUT2D eigenvalue weighted by molar-refractivity contribution is 4.96. The van der Waals surface area contributed by atoms with Gasteiger partial charge in [0.05, 0.1) is 0 Å². The summed E-state index contributed by atoms with van der Waals surface area (Å²) in [7, 11) is 0. The van der Waals surface area contributed by atoms with E-state index in [1.54, 1.807) is 0 Å². The third-order valence-electron chi connectivity index (χ3n) is 3.21. The Morgan fingerprint density at radius 1 is 1.38 bits per heavy atom. The molecule has 1 saturated heterocycles. The van der Waals surface area contributed by atoms with E-state index in [0.29, 0.717) is 5.92 Å². The van der Waals surface area contributed by atoms with Gasteiger partial charge in [0, 0.05) is 12.5 Å². The largest absolute Gasteiger partial charge is 0.317 e. The van der Waals surface area contributed by atoms with Gasteiger partial charge in [-0.1, -0.05) is 13.8 Å². The Morgan fingerprint density at radius 2 is 2.06 bits per heavy atom. The molecule has 4 heteroatoms. The van der Waals surface area contributed by atoms with E-state index >= 15 is 0 Å². The minimum Gasteiger partial charge on any atom is -0.317 e. The van der Waals surface area contributed by atoms with Gasteiger partial charge in [-0.15, -0.1) is 0 Å². The number of nitrogens with one attached hydrogen (secondary N) is 1. The molecule has 1 N–H and O–H groups in total. The number of hydrogen-bond donors (Lipinski definition) is 1. The number of aryl methyl sites for hydroxylation is 1. The van der Waals surface area contributed by atoms with Gasteiger partial charge in [-0.25, -0.2) is 9.67 Å². The van der Waals surface area contributed by atoms with E-state index in [-0.39, 0.29) is 0 Å². The van der Waals surface area contributed by atoms with Crippen LogP contribution in [-0.4, -0.2) is 27.9 Å². The van der Waals surface area contributed by atoms with Gasteiger partial charge in [0.15, 0.2) is 0 Å². The molecule has 1 fully saturated rings. The first-order valence-electron chi connectivity index (χ1n) is 6.29. The first kappa shape index (κ1) is 11.6. The van der Waals surface area contributed by atoms with E-state index in [1.807, 2.05) is 6.92 Å². The van der Waals surface area contributed by atoms with Crippen molar-refractivity contribution < 1.29 is 0 Å². The molecule has 0 saturated carbocycles. The molecule has 1 aliphatic heterocycles. The molecule has 0 unspecified atom stereocenters. The van der Waals surface area contributed by atoms with Crippen molar-refractivity contribution in [1.82, 2.24) is 20.1 Å². The highest BCUT2D eigenvalue weighted by Crippen LogP contribution is 2.18. The van der Waals surface area contributed by atoms with Gasteiger partial charge in [-0.2, -0.15) is 5.10 Å². The van der Waals surface area contributed by atoms with Crippen LogP contribution in [0.3, 0.4) is 0 Å². The average Bonchev–Trinajstić information content (AvgIpc) is 2.61. The fraction of sp³-hybridized carbons (Fsp3) is 0.833. The van der Waals surface area contributed by atoms with Gasteiger partial charge < -0.3 is 5.32 Å². The molecule has 1 aromatic heterocycles. The van der Waals surface area contributed by atoms with Gasteiger partial charge in [-0.05, 0) is 38.8 Å². The molecule has 0 amide bonds. The second-order valence-corrected chi connectivity index (χ2v) is 5.05. The van der Waals surface area contributed by atoms with Crippen LogP contribution < -0.4 is 5.32 Å². The molecule has 2 rings (SSSR count). The zero-order valence-electron chi connectivity index (χ0n) is 10.5. The van der Waals surface area contributed by atoms with Crippen LogP contribution in [0.4, 0.5) is 0 Å². The molecule has 0 aromatic carbocycles. The van der Waals surface area contributed by atoms with Gasteiger partial charge in [0.1, 0.15) is 11.6 Å². The maximum absolute atomic E-state index is 4.51. The Morgan fingerprint density at radius 3 is 2.69 bits per heavy atom. The molecule has 0 aliphatic carbocycles. The van der Waals surface area contributed by atoms with Crippen LogP contribution in [0.1, 0.15) is 44.3 Å². The number of nitrogens with zero attached hydrogens (tertiary/aromatic N) is 3. The molecule has 16 heavy (non-hydrogen) atoms. The van der Waals surface area contributed by atoms with E-state index in [0.717, 1.165) is 37.2 Å². The van der Waals surface area contributed by atoms with Crippen LogP contribution >= 0.6 is 0 Å². The van der Waals surface area contributed by atoms with Crippen LogP contribution in [0.25, 0.3) is 0 Å². The second-order valence-electron chi connectivity index (χ2n) is 5.05. The predicted octanol–water partition coefficient (Wildman–Crippen LogP) is 1.71. The van der Waals surface area contributed by atoms with Crippen molar-refractivity contribution in [3.63, 3.8) is 0 Å². The lowest BCUT2D eigenvalue weighted by molar-refractivity contribution is 0.314. The predicted molar refractivity (Wildman–Crippen MR) is 64.4 cm³/mol. The maximum atomic E-state index is 4.51. The van der Waals surface area contributed by atoms with Crippen LogP contribution in [0.2, 0.25) is 0 Å². The standard InChI is InChI=1S/C12H22N4/c1-9(2)12-14-10(3)15-16(12)8-11-4-6-13-7-5-11/h9,11,13H,4-8H2,1-3H3. The summed E-state index contributed by atoms with van der Waals surface area (Å²) in [6.45, 7) is 9.68. The van der Waals surface area contributed by atoms with E-state index in [9.17, 15) is 0 Å². The van der Waals surface area contributed by atoms with Crippen molar-refractivity contribution >= 4 is 0 Å². The Labute approximate surface area is 97.5 Å². The van der Waals surface area contributed by atoms with Crippen molar-refractivity contribution in [2.45, 2.75) is 46.1 Å². The molecular formula is C12H22N4. The van der Waals surface area contributed by atoms with Crippen molar-refractivity contribution in [1.29, 1.82) is 0 Å². The van der Waals surface area contributed by atoms with Crippen molar-refractivity contribution in [2.75, 3.05) is 13.1 Å². The number of hydrogen-bond acceptors (Lipinski definition) is 3. The summed E-state index contributed by atoms with van der Waals surface area (Å²) < 4.78 is 2.12. The quantitative estimate of drug-likeness (QED) is 0.846. The maximum Gasteiger partial charge on any atom is 0.147 e. The normalized spacial score (nSPS) is 18.2. The topological polar surface area (TPSA) is 42.7 Å². The lowest BCUT2D eigenvalue weighted by Crippen LogP contribution is -2.30. The molecule has 0 atom stereocenters. The zero-order chi connectivity index (χ0) is 11.5. The van der Waals surface area contributed by atoms with Crippen molar-refractivity contribution in [3.8, 4) is 0 Å². The molecular weight excluding hydrogens is 200 g/mol. The van der Waals surface area contributed by atoms with Gasteiger partial charge >= 0.3 is 0 Å². The Hall–Kier alpha value is -0.900. The van der Waals surface area contributed by atoms with Crippen LogP contribution in [0.5, 0.6) is 0 Å². The van der Waals surface area contributed by atoms with Crippen molar-refractivity contribution in [2.24, 2.45) is 5.92 Å². The van der Waals surface area contributed by atoms with Gasteiger partial charge in [0.25, 0.3) is 0 Å². The summed E-state index contributed by atoms with van der Waals surface area (Å²) in [6.07, 6.45) is 2.52. The molecule has 2 heterocycles. The molecule has 0 bridgehead atoms.